The van der Waals surface area contributed by atoms with Crippen LogP contribution in [0, 0.1) is 0 Å². The van der Waals surface area contributed by atoms with Gasteiger partial charge in [-0.3, -0.25) is 9.98 Å². The van der Waals surface area contributed by atoms with Crippen LogP contribution in [0.5, 0.6) is 0 Å². The topological polar surface area (TPSA) is 24.7 Å². The molecule has 0 aliphatic carbocycles. The Hall–Kier alpha value is -1.18. The lowest BCUT2D eigenvalue weighted by Crippen LogP contribution is -2.07. The van der Waals surface area contributed by atoms with E-state index >= 15 is 0 Å². The zero-order valence-corrected chi connectivity index (χ0v) is 9.83. The van der Waals surface area contributed by atoms with E-state index in [0.29, 0.717) is 0 Å². The van der Waals surface area contributed by atoms with Gasteiger partial charge in [-0.25, -0.2) is 0 Å². The second-order valence-electron chi connectivity index (χ2n) is 2.62. The van der Waals surface area contributed by atoms with Crippen molar-refractivity contribution in [3.8, 4) is 0 Å². The molecule has 1 aliphatic heterocycles. The highest BCUT2D eigenvalue weighted by atomic mass is 14.8. The first-order valence-corrected chi connectivity index (χ1v) is 5.22. The van der Waals surface area contributed by atoms with E-state index in [0.717, 1.165) is 18.0 Å². The molecule has 0 saturated heterocycles. The van der Waals surface area contributed by atoms with Crippen molar-refractivity contribution >= 4 is 11.9 Å². The fraction of sp³-hybridized carbons (Fsp3) is 0.500. The van der Waals surface area contributed by atoms with Gasteiger partial charge in [0.05, 0.1) is 11.4 Å². The summed E-state index contributed by atoms with van der Waals surface area (Å²) in [5.41, 5.74) is 3.21. The zero-order chi connectivity index (χ0) is 11.0. The van der Waals surface area contributed by atoms with Crippen LogP contribution >= 0.6 is 0 Å². The lowest BCUT2D eigenvalue weighted by atomic mass is 10.1. The van der Waals surface area contributed by atoms with Crippen molar-refractivity contribution < 1.29 is 0 Å². The number of hydrogen-bond acceptors (Lipinski definition) is 2. The monoisotopic (exact) mass is 192 g/mol. The molecule has 0 atom stereocenters. The highest BCUT2D eigenvalue weighted by Gasteiger charge is 2.08. The van der Waals surface area contributed by atoms with Gasteiger partial charge in [-0.05, 0) is 32.4 Å². The predicted molar refractivity (Wildman–Crippen MR) is 65.3 cm³/mol. The van der Waals surface area contributed by atoms with E-state index in [1.54, 1.807) is 0 Å². The van der Waals surface area contributed by atoms with Gasteiger partial charge in [-0.15, -0.1) is 0 Å². The Morgan fingerprint density at radius 2 is 2.07 bits per heavy atom. The molecule has 14 heavy (non-hydrogen) atoms. The molecule has 0 unspecified atom stereocenters. The minimum atomic E-state index is 0.813. The van der Waals surface area contributed by atoms with E-state index in [9.17, 15) is 0 Å². The highest BCUT2D eigenvalue weighted by molar-refractivity contribution is 6.16. The third-order valence-electron chi connectivity index (χ3n) is 1.74. The largest absolute Gasteiger partial charge is 0.283 e. The third-order valence-corrected chi connectivity index (χ3v) is 1.74. The van der Waals surface area contributed by atoms with Gasteiger partial charge >= 0.3 is 0 Å². The maximum absolute atomic E-state index is 4.38. The molecule has 0 aromatic rings. The molecule has 1 aliphatic rings. The minimum Gasteiger partial charge on any atom is -0.283 e. The van der Waals surface area contributed by atoms with Gasteiger partial charge in [0.1, 0.15) is 0 Å². The van der Waals surface area contributed by atoms with E-state index in [4.69, 9.17) is 0 Å². The summed E-state index contributed by atoms with van der Waals surface area (Å²) in [7, 11) is 0. The lowest BCUT2D eigenvalue weighted by Gasteiger charge is -2.09. The summed E-state index contributed by atoms with van der Waals surface area (Å²) in [5.74, 6) is 0. The quantitative estimate of drug-likeness (QED) is 0.608. The van der Waals surface area contributed by atoms with Gasteiger partial charge in [0.15, 0.2) is 0 Å². The van der Waals surface area contributed by atoms with E-state index in [2.05, 4.69) is 16.9 Å². The van der Waals surface area contributed by atoms with Crippen LogP contribution in [0.25, 0.3) is 0 Å². The number of allylic oxidation sites excluding steroid dienone is 3. The molecule has 0 radical (unpaired) electrons. The number of hydrogen-bond donors (Lipinski definition) is 0. The molecule has 0 spiro atoms. The molecule has 0 fully saturated rings. The molecular formula is C12H20N2. The summed E-state index contributed by atoms with van der Waals surface area (Å²) in [6.45, 7) is 10.9. The second-order valence-corrected chi connectivity index (χ2v) is 2.62. The molecule has 2 nitrogen and oxygen atoms in total. The summed E-state index contributed by atoms with van der Waals surface area (Å²) >= 11 is 0. The van der Waals surface area contributed by atoms with Crippen molar-refractivity contribution in [1.29, 1.82) is 0 Å². The summed E-state index contributed by atoms with van der Waals surface area (Å²) < 4.78 is 0. The summed E-state index contributed by atoms with van der Waals surface area (Å²) in [4.78, 5) is 8.61. The summed E-state index contributed by atoms with van der Waals surface area (Å²) in [5, 5.41) is 0. The molecule has 0 aromatic heterocycles. The fourth-order valence-corrected chi connectivity index (χ4v) is 1.15. The van der Waals surface area contributed by atoms with Gasteiger partial charge in [-0.1, -0.05) is 19.9 Å². The molecule has 1 heterocycles. The standard InChI is InChI=1S/C10H14N2.C2H6/c1-4-9-10(11-5-2)8(3)6-7-12-9;1-2/h4,6-7H,5H2,1-3H3;1-2H3/b9-4+,11-10?;. The van der Waals surface area contributed by atoms with Gasteiger partial charge in [-0.2, -0.15) is 0 Å². The van der Waals surface area contributed by atoms with Crippen molar-refractivity contribution in [3.63, 3.8) is 0 Å². The number of dihydropyridines is 1. The van der Waals surface area contributed by atoms with E-state index in [-0.39, 0.29) is 0 Å². The summed E-state index contributed by atoms with van der Waals surface area (Å²) in [6, 6.07) is 0. The number of rotatable bonds is 1. The van der Waals surface area contributed by atoms with Gasteiger partial charge in [0, 0.05) is 12.8 Å². The molecule has 0 saturated carbocycles. The van der Waals surface area contributed by atoms with Crippen molar-refractivity contribution in [2.45, 2.75) is 34.6 Å². The van der Waals surface area contributed by atoms with Crippen molar-refractivity contribution in [2.24, 2.45) is 9.98 Å². The van der Waals surface area contributed by atoms with Crippen LogP contribution in [-0.4, -0.2) is 18.5 Å². The first-order chi connectivity index (χ1) is 6.79. The number of nitrogens with zero attached hydrogens (tertiary/aromatic N) is 2. The Bertz CT molecular complexity index is 281. The Kier molecular flexibility index (Phi) is 6.63. The Balaban J connectivity index is 0.000000791. The Labute approximate surface area is 87.2 Å². The molecule has 0 N–H and O–H groups in total. The molecule has 0 bridgehead atoms. The van der Waals surface area contributed by atoms with Crippen LogP contribution in [0.3, 0.4) is 0 Å². The average molecular weight is 192 g/mol. The molecular weight excluding hydrogens is 172 g/mol. The maximum Gasteiger partial charge on any atom is 0.0856 e. The molecule has 78 valence electrons. The van der Waals surface area contributed by atoms with E-state index in [1.165, 1.54) is 5.57 Å². The zero-order valence-electron chi connectivity index (χ0n) is 9.83. The van der Waals surface area contributed by atoms with E-state index in [1.807, 2.05) is 46.1 Å². The maximum atomic E-state index is 4.38. The minimum absolute atomic E-state index is 0.813. The fourth-order valence-electron chi connectivity index (χ4n) is 1.15. The van der Waals surface area contributed by atoms with Crippen LogP contribution in [0.15, 0.2) is 33.4 Å². The predicted octanol–water partition coefficient (Wildman–Crippen LogP) is 3.41. The smallest absolute Gasteiger partial charge is 0.0856 e. The second kappa shape index (κ2) is 7.25. The van der Waals surface area contributed by atoms with Crippen molar-refractivity contribution in [1.82, 2.24) is 0 Å². The molecule has 0 aromatic carbocycles. The van der Waals surface area contributed by atoms with Crippen molar-refractivity contribution in [3.05, 3.63) is 23.4 Å². The third kappa shape index (κ3) is 3.29. The molecule has 2 heteroatoms. The lowest BCUT2D eigenvalue weighted by molar-refractivity contribution is 1.12. The van der Waals surface area contributed by atoms with Crippen LogP contribution in [-0.2, 0) is 0 Å². The summed E-state index contributed by atoms with van der Waals surface area (Å²) in [6.07, 6.45) is 5.79. The van der Waals surface area contributed by atoms with Crippen molar-refractivity contribution in [2.75, 3.05) is 6.54 Å². The van der Waals surface area contributed by atoms with Gasteiger partial charge in [0.2, 0.25) is 0 Å². The highest BCUT2D eigenvalue weighted by Crippen LogP contribution is 2.12. The normalized spacial score (nSPS) is 20.5. The van der Waals surface area contributed by atoms with E-state index < -0.39 is 0 Å². The first-order valence-electron chi connectivity index (χ1n) is 5.22. The molecule has 1 rings (SSSR count). The van der Waals surface area contributed by atoms with Crippen LogP contribution in [0.4, 0.5) is 0 Å². The van der Waals surface area contributed by atoms with Crippen LogP contribution < -0.4 is 0 Å². The van der Waals surface area contributed by atoms with Gasteiger partial charge in [0.25, 0.3) is 0 Å². The Morgan fingerprint density at radius 1 is 1.43 bits per heavy atom. The van der Waals surface area contributed by atoms with Crippen LogP contribution in [0.1, 0.15) is 34.6 Å². The average Bonchev–Trinajstić information content (AvgIpc) is 2.24. The Morgan fingerprint density at radius 3 is 2.57 bits per heavy atom. The van der Waals surface area contributed by atoms with Crippen LogP contribution in [0.2, 0.25) is 0 Å². The number of aliphatic imine (C=N–C) groups is 2. The molecule has 0 amide bonds. The SMILES string of the molecule is C/C=C1/N=CC=C(C)C1=NCC.CC. The first kappa shape index (κ1) is 12.8. The van der Waals surface area contributed by atoms with Gasteiger partial charge < -0.3 is 0 Å².